The van der Waals surface area contributed by atoms with Crippen LogP contribution < -0.4 is 5.56 Å². The van der Waals surface area contributed by atoms with Crippen molar-refractivity contribution >= 4 is 34.2 Å². The molecule has 3 amide bonds. The molecule has 2 aromatic heterocycles. The second-order valence-corrected chi connectivity index (χ2v) is 5.79. The number of fused-ring (bicyclic) bond motifs is 1. The molecule has 1 saturated heterocycles. The summed E-state index contributed by atoms with van der Waals surface area (Å²) in [4.78, 5) is 53.5. The van der Waals surface area contributed by atoms with Gasteiger partial charge in [0, 0.05) is 24.7 Å². The Bertz CT molecular complexity index is 857. The molecule has 2 aromatic rings. The Hall–Kier alpha value is -2.75. The molecule has 1 fully saturated rings. The number of nitrogens with zero attached hydrogens (tertiary/aromatic N) is 4. The van der Waals surface area contributed by atoms with Crippen LogP contribution in [0.1, 0.15) is 5.69 Å². The van der Waals surface area contributed by atoms with Gasteiger partial charge in [-0.25, -0.2) is 9.78 Å². The van der Waals surface area contributed by atoms with E-state index in [1.807, 2.05) is 0 Å². The van der Waals surface area contributed by atoms with E-state index in [9.17, 15) is 19.2 Å². The fourth-order valence-electron chi connectivity index (χ4n) is 2.12. The largest absolute Gasteiger partial charge is 0.458 e. The van der Waals surface area contributed by atoms with Gasteiger partial charge < -0.3 is 9.64 Å². The highest BCUT2D eigenvalue weighted by Crippen LogP contribution is 2.09. The Labute approximate surface area is 133 Å². The number of carbonyl (C=O) groups excluding carboxylic acids is 3. The first-order chi connectivity index (χ1) is 11.0. The predicted molar refractivity (Wildman–Crippen MR) is 78.9 cm³/mol. The highest BCUT2D eigenvalue weighted by Gasteiger charge is 2.35. The van der Waals surface area contributed by atoms with Crippen molar-refractivity contribution < 1.29 is 19.1 Å². The summed E-state index contributed by atoms with van der Waals surface area (Å²) >= 11 is 1.29. The minimum absolute atomic E-state index is 0.0561. The molecule has 120 valence electrons. The number of urea groups is 1. The number of esters is 1. The number of likely N-dealkylation sites (N-methyl/N-ethyl adjacent to an activating group) is 1. The Morgan fingerprint density at radius 2 is 2.17 bits per heavy atom. The van der Waals surface area contributed by atoms with Crippen LogP contribution in [0.5, 0.6) is 0 Å². The normalized spacial score (nSPS) is 14.8. The topological polar surface area (TPSA) is 101 Å². The maximum absolute atomic E-state index is 11.8. The zero-order chi connectivity index (χ0) is 16.6. The predicted octanol–water partition coefficient (Wildman–Crippen LogP) is -0.307. The van der Waals surface area contributed by atoms with E-state index in [1.165, 1.54) is 33.8 Å². The summed E-state index contributed by atoms with van der Waals surface area (Å²) < 4.78 is 6.38. The van der Waals surface area contributed by atoms with Crippen molar-refractivity contribution in [3.8, 4) is 0 Å². The lowest BCUT2D eigenvalue weighted by Crippen LogP contribution is -2.36. The standard InChI is InChI=1S/C13H12N4O5S/c1-15-5-10(19)17(13(15)21)6-11(20)22-7-8-4-9(18)16-2-3-23-12(16)14-8/h2-4H,5-7H2,1H3. The quantitative estimate of drug-likeness (QED) is 0.561. The summed E-state index contributed by atoms with van der Waals surface area (Å²) in [6, 6.07) is 0.732. The van der Waals surface area contributed by atoms with Gasteiger partial charge in [0.25, 0.3) is 11.5 Å². The molecule has 0 aliphatic carbocycles. The summed E-state index contributed by atoms with van der Waals surface area (Å²) in [6.07, 6.45) is 1.60. The lowest BCUT2D eigenvalue weighted by Gasteiger charge is -2.13. The van der Waals surface area contributed by atoms with Crippen molar-refractivity contribution in [1.29, 1.82) is 0 Å². The molecule has 10 heteroatoms. The maximum atomic E-state index is 11.8. The molecule has 23 heavy (non-hydrogen) atoms. The fourth-order valence-corrected chi connectivity index (χ4v) is 2.85. The first kappa shape index (κ1) is 15.2. The Morgan fingerprint density at radius 1 is 1.39 bits per heavy atom. The number of hydrogen-bond donors (Lipinski definition) is 0. The third-order valence-corrected chi connectivity index (χ3v) is 4.01. The fraction of sp³-hybridized carbons (Fsp3) is 0.308. The van der Waals surface area contributed by atoms with Crippen LogP contribution in [0.4, 0.5) is 4.79 Å². The van der Waals surface area contributed by atoms with Crippen LogP contribution in [0.3, 0.4) is 0 Å². The molecule has 3 rings (SSSR count). The van der Waals surface area contributed by atoms with Gasteiger partial charge in [0.1, 0.15) is 19.7 Å². The molecule has 0 saturated carbocycles. The minimum Gasteiger partial charge on any atom is -0.458 e. The molecular formula is C13H12N4O5S. The van der Waals surface area contributed by atoms with E-state index in [-0.39, 0.29) is 18.7 Å². The zero-order valence-electron chi connectivity index (χ0n) is 12.1. The summed E-state index contributed by atoms with van der Waals surface area (Å²) in [6.45, 7) is -0.712. The lowest BCUT2D eigenvalue weighted by molar-refractivity contribution is -0.148. The van der Waals surface area contributed by atoms with Gasteiger partial charge in [-0.1, -0.05) is 0 Å². The van der Waals surface area contributed by atoms with E-state index in [4.69, 9.17) is 4.74 Å². The van der Waals surface area contributed by atoms with Crippen molar-refractivity contribution in [2.75, 3.05) is 20.1 Å². The SMILES string of the molecule is CN1CC(=O)N(CC(=O)OCc2cc(=O)n3ccsc3n2)C1=O. The van der Waals surface area contributed by atoms with Crippen LogP contribution in [0, 0.1) is 0 Å². The van der Waals surface area contributed by atoms with Crippen molar-refractivity contribution in [2.45, 2.75) is 6.61 Å². The van der Waals surface area contributed by atoms with Gasteiger partial charge in [0.15, 0.2) is 4.96 Å². The maximum Gasteiger partial charge on any atom is 0.327 e. The van der Waals surface area contributed by atoms with Gasteiger partial charge in [0.05, 0.1) is 5.69 Å². The summed E-state index contributed by atoms with van der Waals surface area (Å²) in [5.74, 6) is -1.19. The second kappa shape index (κ2) is 5.80. The third kappa shape index (κ3) is 2.93. The molecule has 0 bridgehead atoms. The van der Waals surface area contributed by atoms with E-state index in [1.54, 1.807) is 11.6 Å². The summed E-state index contributed by atoms with van der Waals surface area (Å²) in [7, 11) is 1.47. The first-order valence-electron chi connectivity index (χ1n) is 6.62. The molecular weight excluding hydrogens is 324 g/mol. The van der Waals surface area contributed by atoms with Crippen LogP contribution in [0.25, 0.3) is 4.96 Å². The van der Waals surface area contributed by atoms with Crippen molar-refractivity contribution in [1.82, 2.24) is 19.2 Å². The van der Waals surface area contributed by atoms with E-state index < -0.39 is 24.5 Å². The smallest absolute Gasteiger partial charge is 0.327 e. The molecule has 0 atom stereocenters. The molecule has 0 radical (unpaired) electrons. The van der Waals surface area contributed by atoms with Gasteiger partial charge in [-0.3, -0.25) is 23.7 Å². The van der Waals surface area contributed by atoms with Crippen LogP contribution >= 0.6 is 11.3 Å². The lowest BCUT2D eigenvalue weighted by atomic mass is 10.4. The van der Waals surface area contributed by atoms with Gasteiger partial charge in [0.2, 0.25) is 0 Å². The Balaban J connectivity index is 1.63. The number of ether oxygens (including phenoxy) is 1. The number of imide groups is 1. The van der Waals surface area contributed by atoms with Crippen LogP contribution in [0.15, 0.2) is 22.4 Å². The number of amides is 3. The van der Waals surface area contributed by atoms with Crippen LogP contribution in [-0.2, 0) is 20.9 Å². The van der Waals surface area contributed by atoms with Crippen LogP contribution in [0.2, 0.25) is 0 Å². The molecule has 0 unspecified atom stereocenters. The second-order valence-electron chi connectivity index (χ2n) is 4.92. The summed E-state index contributed by atoms with van der Waals surface area (Å²) in [5, 5.41) is 1.72. The average Bonchev–Trinajstić information content (AvgIpc) is 3.06. The first-order valence-corrected chi connectivity index (χ1v) is 7.50. The zero-order valence-corrected chi connectivity index (χ0v) is 12.9. The highest BCUT2D eigenvalue weighted by molar-refractivity contribution is 7.15. The Kier molecular flexibility index (Phi) is 3.82. The molecule has 3 heterocycles. The molecule has 0 aromatic carbocycles. The number of hydrogen-bond acceptors (Lipinski definition) is 7. The number of rotatable bonds is 4. The van der Waals surface area contributed by atoms with Crippen LogP contribution in [-0.4, -0.2) is 57.2 Å². The van der Waals surface area contributed by atoms with Crippen molar-refractivity contribution in [3.63, 3.8) is 0 Å². The van der Waals surface area contributed by atoms with E-state index in [2.05, 4.69) is 4.98 Å². The van der Waals surface area contributed by atoms with Gasteiger partial charge in [-0.15, -0.1) is 11.3 Å². The van der Waals surface area contributed by atoms with E-state index >= 15 is 0 Å². The molecule has 9 nitrogen and oxygen atoms in total. The third-order valence-electron chi connectivity index (χ3n) is 3.26. The molecule has 1 aliphatic rings. The van der Waals surface area contributed by atoms with Crippen molar-refractivity contribution in [3.05, 3.63) is 33.7 Å². The average molecular weight is 336 g/mol. The number of thiazole rings is 1. The molecule has 0 N–H and O–H groups in total. The van der Waals surface area contributed by atoms with Gasteiger partial charge in [-0.2, -0.15) is 0 Å². The van der Waals surface area contributed by atoms with Crippen molar-refractivity contribution in [2.24, 2.45) is 0 Å². The Morgan fingerprint density at radius 3 is 2.87 bits per heavy atom. The molecule has 1 aliphatic heterocycles. The van der Waals surface area contributed by atoms with E-state index in [0.717, 1.165) is 4.90 Å². The highest BCUT2D eigenvalue weighted by atomic mass is 32.1. The van der Waals surface area contributed by atoms with E-state index in [0.29, 0.717) is 10.7 Å². The molecule has 0 spiro atoms. The minimum atomic E-state index is -0.741. The summed E-state index contributed by atoms with van der Waals surface area (Å²) in [5.41, 5.74) is 0.0378. The van der Waals surface area contributed by atoms with Gasteiger partial charge >= 0.3 is 12.0 Å². The van der Waals surface area contributed by atoms with Gasteiger partial charge in [-0.05, 0) is 0 Å². The number of carbonyl (C=O) groups is 3. The number of aromatic nitrogens is 2. The monoisotopic (exact) mass is 336 g/mol.